The van der Waals surface area contributed by atoms with E-state index in [1.54, 1.807) is 0 Å². The summed E-state index contributed by atoms with van der Waals surface area (Å²) in [6, 6.07) is 6.13. The van der Waals surface area contributed by atoms with E-state index in [-0.39, 0.29) is 11.6 Å². The summed E-state index contributed by atoms with van der Waals surface area (Å²) in [6.45, 7) is 7.19. The number of benzene rings is 1. The van der Waals surface area contributed by atoms with Gasteiger partial charge in [-0.1, -0.05) is 12.1 Å². The van der Waals surface area contributed by atoms with Gasteiger partial charge >= 0.3 is 0 Å². The van der Waals surface area contributed by atoms with Crippen LogP contribution in [0.1, 0.15) is 25.8 Å². The van der Waals surface area contributed by atoms with Gasteiger partial charge in [0.05, 0.1) is 22.7 Å². The molecule has 0 radical (unpaired) electrons. The van der Waals surface area contributed by atoms with Crippen molar-refractivity contribution in [1.82, 2.24) is 9.55 Å². The summed E-state index contributed by atoms with van der Waals surface area (Å²) in [5, 5.41) is 0. The molecule has 4 nitrogen and oxygen atoms in total. The van der Waals surface area contributed by atoms with E-state index in [9.17, 15) is 0 Å². The minimum atomic E-state index is -0.106. The number of imidazole rings is 1. The molecule has 1 aromatic heterocycles. The van der Waals surface area contributed by atoms with Gasteiger partial charge in [0.25, 0.3) is 0 Å². The number of nitrogen functional groups attached to an aromatic ring is 1. The predicted octanol–water partition coefficient (Wildman–Crippen LogP) is 2.45. The number of fused-ring (bicyclic) bond motifs is 1. The normalized spacial score (nSPS) is 28.1. The minimum absolute atomic E-state index is 0.106. The van der Waals surface area contributed by atoms with Gasteiger partial charge in [0.1, 0.15) is 0 Å². The quantitative estimate of drug-likeness (QED) is 0.839. The molecule has 2 aromatic rings. The summed E-state index contributed by atoms with van der Waals surface area (Å²) >= 11 is 0. The predicted molar refractivity (Wildman–Crippen MR) is 72.6 cm³/mol. The van der Waals surface area contributed by atoms with Crippen LogP contribution in [0.5, 0.6) is 0 Å². The standard InChI is InChI=1S/C14H19N3O/c1-9-5-4-6-11-12(9)17(13(15)16-11)14(3)7-8-18-10(14)2/h4-6,10H,7-8H2,1-3H3,(H2,15,16). The van der Waals surface area contributed by atoms with Crippen LogP contribution in [-0.2, 0) is 10.3 Å². The van der Waals surface area contributed by atoms with Gasteiger partial charge in [0.2, 0.25) is 5.95 Å². The number of ether oxygens (including phenoxy) is 1. The lowest BCUT2D eigenvalue weighted by atomic mass is 9.93. The first-order valence-corrected chi connectivity index (χ1v) is 6.39. The molecule has 4 heteroatoms. The van der Waals surface area contributed by atoms with Gasteiger partial charge in [-0.3, -0.25) is 0 Å². The van der Waals surface area contributed by atoms with Gasteiger partial charge in [0.15, 0.2) is 0 Å². The molecule has 2 N–H and O–H groups in total. The van der Waals surface area contributed by atoms with Gasteiger partial charge in [-0.2, -0.15) is 0 Å². The van der Waals surface area contributed by atoms with Gasteiger partial charge in [-0.25, -0.2) is 4.98 Å². The average molecular weight is 245 g/mol. The van der Waals surface area contributed by atoms with Crippen molar-refractivity contribution in [2.45, 2.75) is 38.8 Å². The molecule has 0 saturated carbocycles. The number of aromatic nitrogens is 2. The Hall–Kier alpha value is -1.55. The Balaban J connectivity index is 2.32. The molecule has 1 fully saturated rings. The molecule has 18 heavy (non-hydrogen) atoms. The third-order valence-electron chi connectivity index (χ3n) is 4.27. The summed E-state index contributed by atoms with van der Waals surface area (Å²) in [5.41, 5.74) is 9.34. The van der Waals surface area contributed by atoms with Gasteiger partial charge < -0.3 is 15.0 Å². The fourth-order valence-corrected chi connectivity index (χ4v) is 2.95. The molecule has 1 saturated heterocycles. The Morgan fingerprint density at radius 3 is 2.94 bits per heavy atom. The highest BCUT2D eigenvalue weighted by molar-refractivity contribution is 5.82. The number of para-hydroxylation sites is 1. The van der Waals surface area contributed by atoms with Crippen LogP contribution >= 0.6 is 0 Å². The first-order valence-electron chi connectivity index (χ1n) is 6.39. The van der Waals surface area contributed by atoms with E-state index in [0.717, 1.165) is 24.1 Å². The highest BCUT2D eigenvalue weighted by Crippen LogP contribution is 2.38. The molecule has 0 bridgehead atoms. The van der Waals surface area contributed by atoms with Gasteiger partial charge in [-0.05, 0) is 38.8 Å². The third-order valence-corrected chi connectivity index (χ3v) is 4.27. The SMILES string of the molecule is Cc1cccc2nc(N)n(C3(C)CCOC3C)c12. The van der Waals surface area contributed by atoms with Crippen LogP contribution in [0.15, 0.2) is 18.2 Å². The highest BCUT2D eigenvalue weighted by Gasteiger charge is 2.41. The van der Waals surface area contributed by atoms with Crippen molar-refractivity contribution in [1.29, 1.82) is 0 Å². The number of anilines is 1. The van der Waals surface area contributed by atoms with E-state index >= 15 is 0 Å². The van der Waals surface area contributed by atoms with E-state index in [0.29, 0.717) is 5.95 Å². The molecule has 2 heterocycles. The molecule has 1 aliphatic heterocycles. The Kier molecular flexibility index (Phi) is 2.38. The minimum Gasteiger partial charge on any atom is -0.376 e. The van der Waals surface area contributed by atoms with Crippen LogP contribution in [-0.4, -0.2) is 22.3 Å². The molecular weight excluding hydrogens is 226 g/mol. The lowest BCUT2D eigenvalue weighted by molar-refractivity contribution is 0.0783. The largest absolute Gasteiger partial charge is 0.376 e. The van der Waals surface area contributed by atoms with E-state index in [2.05, 4.69) is 36.4 Å². The molecule has 2 unspecified atom stereocenters. The van der Waals surface area contributed by atoms with Crippen LogP contribution in [0.25, 0.3) is 11.0 Å². The molecule has 3 rings (SSSR count). The summed E-state index contributed by atoms with van der Waals surface area (Å²) in [6.07, 6.45) is 1.12. The van der Waals surface area contributed by atoms with E-state index in [1.165, 1.54) is 5.56 Å². The molecule has 2 atom stereocenters. The zero-order chi connectivity index (χ0) is 12.9. The topological polar surface area (TPSA) is 53.1 Å². The summed E-state index contributed by atoms with van der Waals surface area (Å²) in [4.78, 5) is 4.48. The lowest BCUT2D eigenvalue weighted by Gasteiger charge is -2.31. The molecule has 0 spiro atoms. The van der Waals surface area contributed by atoms with Crippen molar-refractivity contribution in [3.63, 3.8) is 0 Å². The Labute approximate surface area is 107 Å². The summed E-state index contributed by atoms with van der Waals surface area (Å²) in [5.74, 6) is 0.583. The van der Waals surface area contributed by atoms with Gasteiger partial charge in [0, 0.05) is 6.61 Å². The highest BCUT2D eigenvalue weighted by atomic mass is 16.5. The Morgan fingerprint density at radius 1 is 1.50 bits per heavy atom. The van der Waals surface area contributed by atoms with Crippen molar-refractivity contribution in [2.24, 2.45) is 0 Å². The molecule has 0 aliphatic carbocycles. The Morgan fingerprint density at radius 2 is 2.28 bits per heavy atom. The molecular formula is C14H19N3O. The number of hydrogen-bond donors (Lipinski definition) is 1. The monoisotopic (exact) mass is 245 g/mol. The second-order valence-corrected chi connectivity index (χ2v) is 5.37. The van der Waals surface area contributed by atoms with Crippen molar-refractivity contribution in [2.75, 3.05) is 12.3 Å². The maximum absolute atomic E-state index is 6.15. The zero-order valence-corrected chi connectivity index (χ0v) is 11.1. The second-order valence-electron chi connectivity index (χ2n) is 5.37. The number of aryl methyl sites for hydroxylation is 1. The van der Waals surface area contributed by atoms with E-state index < -0.39 is 0 Å². The van der Waals surface area contributed by atoms with Crippen molar-refractivity contribution in [3.05, 3.63) is 23.8 Å². The zero-order valence-electron chi connectivity index (χ0n) is 11.1. The third kappa shape index (κ3) is 1.38. The van der Waals surface area contributed by atoms with Crippen LogP contribution in [0.3, 0.4) is 0 Å². The van der Waals surface area contributed by atoms with Crippen LogP contribution in [0, 0.1) is 6.92 Å². The van der Waals surface area contributed by atoms with Crippen molar-refractivity contribution >= 4 is 17.0 Å². The van der Waals surface area contributed by atoms with Crippen molar-refractivity contribution < 1.29 is 4.74 Å². The fourth-order valence-electron chi connectivity index (χ4n) is 2.95. The first kappa shape index (κ1) is 11.5. The maximum Gasteiger partial charge on any atom is 0.201 e. The number of rotatable bonds is 1. The van der Waals surface area contributed by atoms with Crippen molar-refractivity contribution in [3.8, 4) is 0 Å². The van der Waals surface area contributed by atoms with Crippen LogP contribution < -0.4 is 5.73 Å². The number of hydrogen-bond acceptors (Lipinski definition) is 3. The summed E-state index contributed by atoms with van der Waals surface area (Å²) < 4.78 is 7.89. The summed E-state index contributed by atoms with van der Waals surface area (Å²) in [7, 11) is 0. The van der Waals surface area contributed by atoms with E-state index in [1.807, 2.05) is 12.1 Å². The van der Waals surface area contributed by atoms with E-state index in [4.69, 9.17) is 10.5 Å². The Bertz CT molecular complexity index is 604. The molecule has 1 aliphatic rings. The smallest absolute Gasteiger partial charge is 0.201 e. The second kappa shape index (κ2) is 3.72. The molecule has 96 valence electrons. The lowest BCUT2D eigenvalue weighted by Crippen LogP contribution is -2.37. The molecule has 1 aromatic carbocycles. The average Bonchev–Trinajstić information content (AvgIpc) is 2.82. The molecule has 0 amide bonds. The first-order chi connectivity index (χ1) is 8.54. The van der Waals surface area contributed by atoms with Crippen LogP contribution in [0.2, 0.25) is 0 Å². The van der Waals surface area contributed by atoms with Crippen LogP contribution in [0.4, 0.5) is 5.95 Å². The fraction of sp³-hybridized carbons (Fsp3) is 0.500. The number of nitrogens with zero attached hydrogens (tertiary/aromatic N) is 2. The maximum atomic E-state index is 6.15. The number of nitrogens with two attached hydrogens (primary N) is 1. The van der Waals surface area contributed by atoms with Gasteiger partial charge in [-0.15, -0.1) is 0 Å².